The summed E-state index contributed by atoms with van der Waals surface area (Å²) < 4.78 is 1.21. The minimum Gasteiger partial charge on any atom is -0.336 e. The molecule has 0 atom stereocenters. The molecule has 2 aromatic rings. The maximum atomic E-state index is 10.6. The van der Waals surface area contributed by atoms with Crippen LogP contribution in [0.2, 0.25) is 0 Å². The Morgan fingerprint density at radius 3 is 2.52 bits per heavy atom. The largest absolute Gasteiger partial charge is 0.336 e. The number of nitro groups is 1. The van der Waals surface area contributed by atoms with Gasteiger partial charge in [0.1, 0.15) is 13.0 Å². The molecule has 0 saturated heterocycles. The summed E-state index contributed by atoms with van der Waals surface area (Å²) in [5.41, 5.74) is 5.14. The van der Waals surface area contributed by atoms with Crippen molar-refractivity contribution in [3.05, 3.63) is 67.8 Å². The van der Waals surface area contributed by atoms with Gasteiger partial charge in [-0.05, 0) is 52.4 Å². The summed E-state index contributed by atoms with van der Waals surface area (Å²) >= 11 is 2.28. The average Bonchev–Trinajstić information content (AvgIpc) is 2.97. The van der Waals surface area contributed by atoms with Crippen LogP contribution in [0, 0.1) is 13.7 Å². The van der Waals surface area contributed by atoms with E-state index in [1.54, 1.807) is 23.6 Å². The lowest BCUT2D eigenvalue weighted by atomic mass is 10.2. The normalized spacial score (nSPS) is 13.4. The van der Waals surface area contributed by atoms with E-state index in [0.717, 1.165) is 12.2 Å². The molecule has 7 nitrogen and oxygen atoms in total. The number of non-ortho nitro benzene ring substituents is 1. The molecule has 2 aromatic carbocycles. The first-order valence-corrected chi connectivity index (χ1v) is 7.99. The minimum absolute atomic E-state index is 0.0702. The van der Waals surface area contributed by atoms with Crippen molar-refractivity contribution in [1.82, 2.24) is 10.0 Å². The molecule has 0 amide bonds. The van der Waals surface area contributed by atoms with Crippen LogP contribution in [-0.4, -0.2) is 27.9 Å². The third kappa shape index (κ3) is 4.09. The van der Waals surface area contributed by atoms with E-state index in [4.69, 9.17) is 0 Å². The molecular weight excluding hydrogens is 409 g/mol. The summed E-state index contributed by atoms with van der Waals surface area (Å²) in [6, 6.07) is 14.6. The van der Waals surface area contributed by atoms with E-state index in [9.17, 15) is 10.1 Å². The van der Waals surface area contributed by atoms with Gasteiger partial charge in [0.15, 0.2) is 0 Å². The first-order chi connectivity index (χ1) is 11.1. The van der Waals surface area contributed by atoms with Crippen LogP contribution in [-0.2, 0) is 6.54 Å². The van der Waals surface area contributed by atoms with Gasteiger partial charge in [0.25, 0.3) is 5.69 Å². The van der Waals surface area contributed by atoms with Gasteiger partial charge >= 0.3 is 0 Å². The number of nitrogens with one attached hydrogen (secondary N) is 1. The summed E-state index contributed by atoms with van der Waals surface area (Å²) in [6.07, 6.45) is 1.77. The molecular formula is C15H14IN5O2. The molecule has 0 aromatic heterocycles. The van der Waals surface area contributed by atoms with Gasteiger partial charge in [-0.15, -0.1) is 5.10 Å². The number of nitrogens with zero attached hydrogens (tertiary/aromatic N) is 4. The molecule has 0 bridgehead atoms. The number of benzene rings is 2. The number of hydrazone groups is 1. The van der Waals surface area contributed by atoms with Crippen molar-refractivity contribution in [2.24, 2.45) is 5.10 Å². The smallest absolute Gasteiger partial charge is 0.269 e. The summed E-state index contributed by atoms with van der Waals surface area (Å²) in [6.45, 7) is 1.38. The first kappa shape index (κ1) is 15.5. The molecule has 0 fully saturated rings. The second-order valence-electron chi connectivity index (χ2n) is 5.06. The summed E-state index contributed by atoms with van der Waals surface area (Å²) in [7, 11) is 0. The second-order valence-corrected chi connectivity index (χ2v) is 6.31. The maximum Gasteiger partial charge on any atom is 0.269 e. The zero-order chi connectivity index (χ0) is 16.2. The van der Waals surface area contributed by atoms with Crippen LogP contribution in [0.3, 0.4) is 0 Å². The number of hydrazine groups is 1. The van der Waals surface area contributed by atoms with Crippen molar-refractivity contribution < 1.29 is 4.92 Å². The van der Waals surface area contributed by atoms with Crippen molar-refractivity contribution in [1.29, 1.82) is 0 Å². The summed E-state index contributed by atoms with van der Waals surface area (Å²) in [4.78, 5) is 12.3. The van der Waals surface area contributed by atoms with Crippen molar-refractivity contribution in [3.8, 4) is 0 Å². The zero-order valence-corrected chi connectivity index (χ0v) is 14.3. The lowest BCUT2D eigenvalue weighted by molar-refractivity contribution is -0.384. The van der Waals surface area contributed by atoms with E-state index in [1.165, 1.54) is 21.3 Å². The van der Waals surface area contributed by atoms with E-state index in [2.05, 4.69) is 62.3 Å². The van der Waals surface area contributed by atoms with Gasteiger partial charge in [0, 0.05) is 22.2 Å². The highest BCUT2D eigenvalue weighted by Crippen LogP contribution is 2.17. The van der Waals surface area contributed by atoms with Crippen molar-refractivity contribution >= 4 is 40.3 Å². The molecule has 118 valence electrons. The van der Waals surface area contributed by atoms with Gasteiger partial charge < -0.3 is 4.90 Å². The summed E-state index contributed by atoms with van der Waals surface area (Å²) in [5.74, 6) is 0. The Balaban J connectivity index is 1.54. The molecule has 23 heavy (non-hydrogen) atoms. The van der Waals surface area contributed by atoms with Crippen LogP contribution in [0.1, 0.15) is 5.56 Å². The van der Waals surface area contributed by atoms with Crippen molar-refractivity contribution in [2.75, 3.05) is 12.1 Å². The molecule has 0 unspecified atom stereocenters. The van der Waals surface area contributed by atoms with Gasteiger partial charge in [0.2, 0.25) is 0 Å². The van der Waals surface area contributed by atoms with E-state index >= 15 is 0 Å². The average molecular weight is 423 g/mol. The number of halogens is 1. The van der Waals surface area contributed by atoms with E-state index in [-0.39, 0.29) is 5.69 Å². The highest BCUT2D eigenvalue weighted by Gasteiger charge is 2.14. The number of hydrogen-bond acceptors (Lipinski definition) is 6. The highest BCUT2D eigenvalue weighted by molar-refractivity contribution is 14.1. The van der Waals surface area contributed by atoms with Gasteiger partial charge in [-0.2, -0.15) is 5.12 Å². The monoisotopic (exact) mass is 423 g/mol. The third-order valence-electron chi connectivity index (χ3n) is 3.31. The molecule has 1 heterocycles. The lowest BCUT2D eigenvalue weighted by Gasteiger charge is -2.20. The third-order valence-corrected chi connectivity index (χ3v) is 4.02. The molecule has 8 heteroatoms. The maximum absolute atomic E-state index is 10.6. The predicted octanol–water partition coefficient (Wildman–Crippen LogP) is 3.24. The Morgan fingerprint density at radius 2 is 1.87 bits per heavy atom. The van der Waals surface area contributed by atoms with Gasteiger partial charge in [-0.25, -0.2) is 0 Å². The Labute approximate surface area is 146 Å². The van der Waals surface area contributed by atoms with Crippen LogP contribution in [0.15, 0.2) is 53.6 Å². The molecule has 0 spiro atoms. The van der Waals surface area contributed by atoms with Crippen LogP contribution < -0.4 is 5.43 Å². The molecule has 0 saturated carbocycles. The molecule has 0 radical (unpaired) electrons. The zero-order valence-electron chi connectivity index (χ0n) is 12.1. The highest BCUT2D eigenvalue weighted by atomic mass is 127. The van der Waals surface area contributed by atoms with Crippen LogP contribution in [0.25, 0.3) is 0 Å². The molecule has 1 N–H and O–H groups in total. The fraction of sp³-hybridized carbons (Fsp3) is 0.133. The Kier molecular flexibility index (Phi) is 4.60. The van der Waals surface area contributed by atoms with Gasteiger partial charge in [-0.3, -0.25) is 15.5 Å². The van der Waals surface area contributed by atoms with Crippen molar-refractivity contribution in [3.63, 3.8) is 0 Å². The van der Waals surface area contributed by atoms with Crippen LogP contribution in [0.4, 0.5) is 11.4 Å². The predicted molar refractivity (Wildman–Crippen MR) is 96.6 cm³/mol. The van der Waals surface area contributed by atoms with Crippen LogP contribution >= 0.6 is 22.6 Å². The number of anilines is 1. The number of hydrogen-bond donors (Lipinski definition) is 1. The fourth-order valence-corrected chi connectivity index (χ4v) is 2.53. The Morgan fingerprint density at radius 1 is 1.17 bits per heavy atom. The van der Waals surface area contributed by atoms with Crippen molar-refractivity contribution in [2.45, 2.75) is 6.54 Å². The summed E-state index contributed by atoms with van der Waals surface area (Å²) in [5, 5.41) is 16.6. The van der Waals surface area contributed by atoms with E-state index in [0.29, 0.717) is 6.67 Å². The molecule has 1 aliphatic rings. The standard InChI is InChI=1S/C15H14IN5O2/c16-13-3-1-12(2-4-13)9-19-10-17-20(11-19)18-14-5-7-15(8-6-14)21(22)23/h1-8,10,18H,9,11H2. The molecule has 1 aliphatic heterocycles. The second kappa shape index (κ2) is 6.82. The van der Waals surface area contributed by atoms with E-state index < -0.39 is 4.92 Å². The van der Waals surface area contributed by atoms with Gasteiger partial charge in [-0.1, -0.05) is 12.1 Å². The minimum atomic E-state index is -0.416. The number of nitro benzene ring substituents is 1. The molecule has 3 rings (SSSR count). The topological polar surface area (TPSA) is 74.0 Å². The molecule has 0 aliphatic carbocycles. The Hall–Kier alpha value is -2.36. The first-order valence-electron chi connectivity index (χ1n) is 6.91. The Bertz CT molecular complexity index is 718. The SMILES string of the molecule is O=[N+]([O-])c1ccc(NN2CN(Cc3ccc(I)cc3)C=N2)cc1. The quantitative estimate of drug-likeness (QED) is 0.454. The fourth-order valence-electron chi connectivity index (χ4n) is 2.17. The number of rotatable bonds is 5. The van der Waals surface area contributed by atoms with E-state index in [1.807, 2.05) is 0 Å². The van der Waals surface area contributed by atoms with Gasteiger partial charge in [0.05, 0.1) is 10.6 Å². The lowest BCUT2D eigenvalue weighted by Crippen LogP contribution is -2.30. The van der Waals surface area contributed by atoms with Crippen LogP contribution in [0.5, 0.6) is 0 Å².